The second kappa shape index (κ2) is 28.2. The van der Waals surface area contributed by atoms with Crippen LogP contribution in [0.15, 0.2) is 0 Å². The molecule has 0 saturated heterocycles. The molecule has 146 valence electrons. The van der Waals surface area contributed by atoms with E-state index in [-0.39, 0.29) is 48.3 Å². The number of hydrogen-bond donors (Lipinski definition) is 3. The Labute approximate surface area is 175 Å². The maximum atomic E-state index is 10.4. The van der Waals surface area contributed by atoms with Crippen molar-refractivity contribution in [3.63, 3.8) is 0 Å². The quantitative estimate of drug-likeness (QED) is 0.357. The van der Waals surface area contributed by atoms with Crippen LogP contribution < -0.4 is 5.73 Å². The van der Waals surface area contributed by atoms with Crippen molar-refractivity contribution in [1.29, 1.82) is 0 Å². The van der Waals surface area contributed by atoms with E-state index in [0.717, 1.165) is 12.8 Å². The van der Waals surface area contributed by atoms with Crippen LogP contribution in [0, 0.1) is 0 Å². The molecule has 0 aliphatic carbocycles. The average Bonchev–Trinajstić information content (AvgIpc) is 2.54. The van der Waals surface area contributed by atoms with Gasteiger partial charge in [0.1, 0.15) is 0 Å². The van der Waals surface area contributed by atoms with Crippen LogP contribution in [0.2, 0.25) is 0 Å². The van der Waals surface area contributed by atoms with E-state index >= 15 is 0 Å². The van der Waals surface area contributed by atoms with Crippen LogP contribution in [0.4, 0.5) is 0 Å². The summed E-state index contributed by atoms with van der Waals surface area (Å²) < 4.78 is 0. The second-order valence-corrected chi connectivity index (χ2v) is 5.54. The average molecular weight is 371 g/mol. The number of nitrogens with two attached hydrogens (primary N) is 1. The van der Waals surface area contributed by atoms with Gasteiger partial charge < -0.3 is 15.9 Å². The topological polar surface area (TPSA) is 118 Å². The molecule has 0 aliphatic rings. The maximum absolute atomic E-state index is 10.4. The Morgan fingerprint density at radius 2 is 0.960 bits per heavy atom. The Morgan fingerprint density at radius 1 is 0.680 bits per heavy atom. The number of rotatable bonds is 12. The van der Waals surface area contributed by atoms with Crippen LogP contribution in [0.3, 0.4) is 0 Å². The molecule has 7 heteroatoms. The molecule has 0 atom stereocenters. The predicted molar refractivity (Wildman–Crippen MR) is 104 cm³/mol. The third-order valence-corrected chi connectivity index (χ3v) is 3.13. The van der Waals surface area contributed by atoms with Gasteiger partial charge in [-0.25, -0.2) is 0 Å². The minimum absolute atomic E-state index is 0. The minimum atomic E-state index is -0.745. The summed E-state index contributed by atoms with van der Waals surface area (Å²) in [7, 11) is 0. The first-order valence-corrected chi connectivity index (χ1v) is 9.03. The van der Waals surface area contributed by atoms with Gasteiger partial charge in [-0.2, -0.15) is 0 Å². The van der Waals surface area contributed by atoms with Crippen molar-refractivity contribution in [2.75, 3.05) is 0 Å². The van der Waals surface area contributed by atoms with Crippen LogP contribution in [0.25, 0.3) is 0 Å². The summed E-state index contributed by atoms with van der Waals surface area (Å²) >= 11 is 0. The van der Waals surface area contributed by atoms with Gasteiger partial charge in [-0.3, -0.25) is 14.4 Å². The van der Waals surface area contributed by atoms with Crippen molar-refractivity contribution in [1.82, 2.24) is 0 Å². The summed E-state index contributed by atoms with van der Waals surface area (Å²) in [5.41, 5.74) is 5.05. The third kappa shape index (κ3) is 51.7. The van der Waals surface area contributed by atoms with Crippen molar-refractivity contribution in [3.8, 4) is 0 Å². The molecular formula is C18H38NNaO5. The number of carbonyl (C=O) groups is 3. The van der Waals surface area contributed by atoms with Crippen LogP contribution in [-0.4, -0.2) is 57.6 Å². The first-order valence-electron chi connectivity index (χ1n) is 9.03. The van der Waals surface area contributed by atoms with Gasteiger partial charge in [0.25, 0.3) is 0 Å². The molecule has 0 aromatic carbocycles. The number of carboxylic acid groups (broad SMARTS) is 2. The van der Waals surface area contributed by atoms with Gasteiger partial charge >= 0.3 is 41.5 Å². The van der Waals surface area contributed by atoms with Crippen LogP contribution in [0.1, 0.15) is 97.8 Å². The molecule has 0 fully saturated rings. The summed E-state index contributed by atoms with van der Waals surface area (Å²) in [5, 5.41) is 15.4. The molecule has 0 radical (unpaired) electrons. The van der Waals surface area contributed by atoms with Crippen LogP contribution >= 0.6 is 0 Å². The molecule has 0 unspecified atom stereocenters. The molecule has 4 N–H and O–H groups in total. The molecule has 0 aromatic heterocycles. The molecule has 25 heavy (non-hydrogen) atoms. The van der Waals surface area contributed by atoms with E-state index in [1.54, 1.807) is 13.8 Å². The first kappa shape index (κ1) is 32.1. The van der Waals surface area contributed by atoms with Crippen molar-refractivity contribution in [3.05, 3.63) is 0 Å². The molecule has 0 aromatic rings. The number of carbonyl (C=O) groups excluding carboxylic acids is 1. The van der Waals surface area contributed by atoms with E-state index in [1.165, 1.54) is 44.9 Å². The van der Waals surface area contributed by atoms with Gasteiger partial charge in [-0.05, 0) is 6.42 Å². The molecule has 0 saturated carbocycles. The van der Waals surface area contributed by atoms with E-state index < -0.39 is 11.9 Å². The molecule has 0 bridgehead atoms. The van der Waals surface area contributed by atoms with Crippen LogP contribution in [0.5, 0.6) is 0 Å². The van der Waals surface area contributed by atoms with Gasteiger partial charge in [0.2, 0.25) is 5.91 Å². The van der Waals surface area contributed by atoms with Crippen molar-refractivity contribution in [2.45, 2.75) is 97.8 Å². The van der Waals surface area contributed by atoms with Gasteiger partial charge in [0, 0.05) is 19.3 Å². The molecule has 1 amide bonds. The molecule has 0 aliphatic heterocycles. The Kier molecular flexibility index (Phi) is 36.3. The third-order valence-electron chi connectivity index (χ3n) is 3.13. The first-order chi connectivity index (χ1) is 11.3. The molecule has 0 spiro atoms. The predicted octanol–water partition coefficient (Wildman–Crippen LogP) is 3.71. The monoisotopic (exact) mass is 371 g/mol. The zero-order valence-corrected chi connectivity index (χ0v) is 15.7. The fourth-order valence-corrected chi connectivity index (χ4v) is 1.61. The van der Waals surface area contributed by atoms with Gasteiger partial charge in [-0.15, -0.1) is 0 Å². The number of carboxylic acids is 2. The van der Waals surface area contributed by atoms with E-state index in [9.17, 15) is 14.4 Å². The Morgan fingerprint density at radius 3 is 1.20 bits per heavy atom. The molecule has 0 heterocycles. The summed E-state index contributed by atoms with van der Waals surface area (Å²) in [6, 6.07) is 0. The van der Waals surface area contributed by atoms with Crippen molar-refractivity contribution < 1.29 is 24.6 Å². The second-order valence-electron chi connectivity index (χ2n) is 5.54. The molecule has 6 nitrogen and oxygen atoms in total. The fraction of sp³-hybridized carbons (Fsp3) is 0.833. The van der Waals surface area contributed by atoms with Crippen molar-refractivity contribution >= 4 is 47.4 Å². The number of aliphatic carboxylic acids is 2. The summed E-state index contributed by atoms with van der Waals surface area (Å²) in [4.78, 5) is 29.2. The standard InChI is InChI=1S/C12H25NO.2C3H6O2.Na.H/c1-2-3-4-5-6-7-8-9-10-11-12(13)14;2*1-2-3(4)5;;/h2-11H2,1H3,(H2,13,14);2*2H2,1H3,(H,4,5);;. The van der Waals surface area contributed by atoms with Crippen molar-refractivity contribution in [2.24, 2.45) is 5.73 Å². The SMILES string of the molecule is CCC(=O)O.CCC(=O)O.CCCCCCCCCCCC(N)=O.[NaH]. The summed E-state index contributed by atoms with van der Waals surface area (Å²) in [5.74, 6) is -1.65. The number of unbranched alkanes of at least 4 members (excludes halogenated alkanes) is 8. The van der Waals surface area contributed by atoms with E-state index in [1.807, 2.05) is 0 Å². The number of primary amides is 1. The van der Waals surface area contributed by atoms with Gasteiger partial charge in [-0.1, -0.05) is 72.1 Å². The Hall–Kier alpha value is -0.590. The molecular weight excluding hydrogens is 333 g/mol. The van der Waals surface area contributed by atoms with E-state index in [2.05, 4.69) is 6.92 Å². The number of amides is 1. The summed E-state index contributed by atoms with van der Waals surface area (Å²) in [6.45, 7) is 5.44. The van der Waals surface area contributed by atoms with Crippen LogP contribution in [-0.2, 0) is 14.4 Å². The van der Waals surface area contributed by atoms with Gasteiger partial charge in [0.05, 0.1) is 0 Å². The summed E-state index contributed by atoms with van der Waals surface area (Å²) in [6.07, 6.45) is 12.6. The zero-order chi connectivity index (χ0) is 19.2. The van der Waals surface area contributed by atoms with E-state index in [0.29, 0.717) is 6.42 Å². The Balaban J connectivity index is -0.000000166. The van der Waals surface area contributed by atoms with Gasteiger partial charge in [0.15, 0.2) is 0 Å². The normalized spacial score (nSPS) is 8.76. The molecule has 0 rings (SSSR count). The fourth-order valence-electron chi connectivity index (χ4n) is 1.61. The zero-order valence-electron chi connectivity index (χ0n) is 15.7. The number of hydrogen-bond acceptors (Lipinski definition) is 3. The van der Waals surface area contributed by atoms with E-state index in [4.69, 9.17) is 15.9 Å². The Bertz CT molecular complexity index is 298.